The van der Waals surface area contributed by atoms with Gasteiger partial charge in [0.15, 0.2) is 0 Å². The van der Waals surface area contributed by atoms with Gasteiger partial charge in [0.2, 0.25) is 0 Å². The Hall–Kier alpha value is -0.845. The molecule has 0 heterocycles. The molecule has 0 aliphatic rings. The molecule has 1 N–H and O–H groups in total. The second kappa shape index (κ2) is 6.60. The standard InChI is InChI=1S/C8H6O5.2Li/c9-6-2-1-4(7(10)11)3-5(6)8(12)13;;/h1-3,9H,(H,10,11)(H,12,13);;/q;2*+1/p-2. The van der Waals surface area contributed by atoms with Crippen LogP contribution < -0.4 is 47.9 Å². The first kappa shape index (κ1) is 16.6. The molecule has 0 radical (unpaired) electrons. The molecule has 0 amide bonds. The average molecular weight is 194 g/mol. The maximum atomic E-state index is 10.8. The van der Waals surface area contributed by atoms with Crippen LogP contribution in [0.25, 0.3) is 0 Å². The summed E-state index contributed by atoms with van der Waals surface area (Å²) in [6, 6.07) is 2.67. The van der Waals surface area contributed by atoms with Gasteiger partial charge in [-0.05, 0) is 11.6 Å². The molecule has 0 atom stereocenters. The molecular formula is C8H4Li2O5. The Morgan fingerprint density at radius 2 is 1.73 bits per heavy atom. The minimum atomic E-state index is -1.51. The van der Waals surface area contributed by atoms with E-state index in [9.17, 15) is 19.8 Å². The van der Waals surface area contributed by atoms with Crippen LogP contribution in [-0.4, -0.2) is 17.0 Å². The molecule has 0 aromatic heterocycles. The van der Waals surface area contributed by atoms with Gasteiger partial charge in [-0.15, -0.1) is 0 Å². The van der Waals surface area contributed by atoms with Gasteiger partial charge in [0.25, 0.3) is 0 Å². The average Bonchev–Trinajstić information content (AvgIpc) is 2.04. The Morgan fingerprint density at radius 3 is 2.13 bits per heavy atom. The molecule has 0 fully saturated rings. The van der Waals surface area contributed by atoms with Crippen molar-refractivity contribution in [1.82, 2.24) is 0 Å². The van der Waals surface area contributed by atoms with E-state index < -0.39 is 23.3 Å². The van der Waals surface area contributed by atoms with Gasteiger partial charge in [0.1, 0.15) is 0 Å². The summed E-state index contributed by atoms with van der Waals surface area (Å²) in [5.74, 6) is -3.69. The zero-order valence-electron chi connectivity index (χ0n) is 8.31. The molecule has 0 saturated heterocycles. The Morgan fingerprint density at radius 1 is 1.20 bits per heavy atom. The van der Waals surface area contributed by atoms with Crippen molar-refractivity contribution in [2.75, 3.05) is 0 Å². The van der Waals surface area contributed by atoms with E-state index in [4.69, 9.17) is 5.11 Å². The quantitative estimate of drug-likeness (QED) is 0.471. The molecule has 0 saturated carbocycles. The predicted molar refractivity (Wildman–Crippen MR) is 37.2 cm³/mol. The van der Waals surface area contributed by atoms with Crippen LogP contribution >= 0.6 is 0 Å². The van der Waals surface area contributed by atoms with Crippen LogP contribution in [0.1, 0.15) is 20.7 Å². The third-order valence-corrected chi connectivity index (χ3v) is 1.45. The molecule has 0 aliphatic heterocycles. The van der Waals surface area contributed by atoms with Gasteiger partial charge in [-0.3, -0.25) is 0 Å². The molecule has 1 aromatic rings. The summed E-state index contributed by atoms with van der Waals surface area (Å²) in [7, 11) is 0. The van der Waals surface area contributed by atoms with Crippen molar-refractivity contribution in [3.8, 4) is 5.75 Å². The van der Waals surface area contributed by atoms with Gasteiger partial charge in [-0.1, -0.05) is 17.9 Å². The number of hydrogen-bond acceptors (Lipinski definition) is 4. The monoisotopic (exact) mass is 194 g/mol. The Balaban J connectivity index is 0. The first-order valence-electron chi connectivity index (χ1n) is 3.28. The normalized spacial score (nSPS) is 8.27. The van der Waals surface area contributed by atoms with Crippen molar-refractivity contribution in [3.63, 3.8) is 0 Å². The number of benzene rings is 1. The van der Waals surface area contributed by atoms with E-state index in [1.54, 1.807) is 0 Å². The molecule has 0 aliphatic carbocycles. The zero-order valence-corrected chi connectivity index (χ0v) is 8.31. The van der Waals surface area contributed by atoms with Crippen LogP contribution in [0, 0.1) is 0 Å². The van der Waals surface area contributed by atoms with Crippen LogP contribution in [0.5, 0.6) is 5.75 Å². The van der Waals surface area contributed by atoms with Crippen LogP contribution in [0.15, 0.2) is 18.2 Å². The van der Waals surface area contributed by atoms with Gasteiger partial charge >= 0.3 is 43.7 Å². The molecule has 68 valence electrons. The summed E-state index contributed by atoms with van der Waals surface area (Å²) in [6.07, 6.45) is 0. The fraction of sp³-hybridized carbons (Fsp3) is 0. The van der Waals surface area contributed by atoms with E-state index in [0.29, 0.717) is 0 Å². The Labute approximate surface area is 109 Å². The van der Waals surface area contributed by atoms with E-state index >= 15 is 0 Å². The van der Waals surface area contributed by atoms with Crippen molar-refractivity contribution >= 4 is 11.9 Å². The first-order chi connectivity index (χ1) is 6.02. The van der Waals surface area contributed by atoms with Gasteiger partial charge in [-0.2, -0.15) is 0 Å². The SMILES string of the molecule is O=C([O-])c1ccc([O-])c(C(=O)O)c1.[Li+].[Li+]. The maximum Gasteiger partial charge on any atom is 1.00 e. The molecule has 7 heteroatoms. The third kappa shape index (κ3) is 4.03. The first-order valence-corrected chi connectivity index (χ1v) is 3.28. The van der Waals surface area contributed by atoms with Crippen molar-refractivity contribution < 1.29 is 62.6 Å². The number of carbonyl (C=O) groups excluding carboxylic acids is 1. The number of rotatable bonds is 2. The molecule has 0 spiro atoms. The summed E-state index contributed by atoms with van der Waals surface area (Å²) < 4.78 is 0. The third-order valence-electron chi connectivity index (χ3n) is 1.45. The maximum absolute atomic E-state index is 10.8. The second-order valence-electron chi connectivity index (χ2n) is 2.30. The van der Waals surface area contributed by atoms with Crippen molar-refractivity contribution in [1.29, 1.82) is 0 Å². The predicted octanol–water partition coefficient (Wildman–Crippen LogP) is -7.17. The number of carboxylic acid groups (broad SMARTS) is 2. The van der Waals surface area contributed by atoms with Crippen LogP contribution in [0.3, 0.4) is 0 Å². The number of carboxylic acids is 2. The number of hydrogen-bond donors (Lipinski definition) is 1. The molecule has 0 bridgehead atoms. The molecule has 1 rings (SSSR count). The van der Waals surface area contributed by atoms with Crippen molar-refractivity contribution in [2.24, 2.45) is 0 Å². The fourth-order valence-corrected chi connectivity index (χ4v) is 0.824. The van der Waals surface area contributed by atoms with Crippen LogP contribution in [-0.2, 0) is 0 Å². The number of aromatic carboxylic acids is 2. The molecule has 15 heavy (non-hydrogen) atoms. The largest absolute Gasteiger partial charge is 1.00 e. The Kier molecular flexibility index (Phi) is 7.30. The molecule has 5 nitrogen and oxygen atoms in total. The van der Waals surface area contributed by atoms with E-state index in [0.717, 1.165) is 18.2 Å². The van der Waals surface area contributed by atoms with Crippen molar-refractivity contribution in [3.05, 3.63) is 29.3 Å². The van der Waals surface area contributed by atoms with E-state index in [2.05, 4.69) is 0 Å². The summed E-state index contributed by atoms with van der Waals surface area (Å²) >= 11 is 0. The van der Waals surface area contributed by atoms with Gasteiger partial charge in [0.05, 0.1) is 11.5 Å². The van der Waals surface area contributed by atoms with Gasteiger partial charge < -0.3 is 20.1 Å². The minimum absolute atomic E-state index is 0. The van der Waals surface area contributed by atoms with Crippen LogP contribution in [0.2, 0.25) is 0 Å². The fourth-order valence-electron chi connectivity index (χ4n) is 0.824. The summed E-state index contributed by atoms with van der Waals surface area (Å²) in [5, 5.41) is 29.6. The van der Waals surface area contributed by atoms with Crippen LogP contribution in [0.4, 0.5) is 0 Å². The van der Waals surface area contributed by atoms with E-state index in [-0.39, 0.29) is 43.3 Å². The minimum Gasteiger partial charge on any atom is -0.872 e. The summed E-state index contributed by atoms with van der Waals surface area (Å²) in [5.41, 5.74) is -0.890. The van der Waals surface area contributed by atoms with E-state index in [1.807, 2.05) is 0 Å². The summed E-state index contributed by atoms with van der Waals surface area (Å²) in [6.45, 7) is 0. The smallest absolute Gasteiger partial charge is 0.872 e. The van der Waals surface area contributed by atoms with E-state index in [1.165, 1.54) is 0 Å². The van der Waals surface area contributed by atoms with Gasteiger partial charge in [-0.25, -0.2) is 4.79 Å². The van der Waals surface area contributed by atoms with Crippen molar-refractivity contribution in [2.45, 2.75) is 0 Å². The zero-order chi connectivity index (χ0) is 10.0. The number of carbonyl (C=O) groups is 2. The summed E-state index contributed by atoms with van der Waals surface area (Å²) in [4.78, 5) is 20.7. The topological polar surface area (TPSA) is 100 Å². The second-order valence-corrected chi connectivity index (χ2v) is 2.30. The molecule has 0 unspecified atom stereocenters. The molecule has 1 aromatic carbocycles. The molecular weight excluding hydrogens is 190 g/mol. The Bertz CT molecular complexity index is 377. The van der Waals surface area contributed by atoms with Gasteiger partial charge in [0, 0.05) is 0 Å².